The first kappa shape index (κ1) is 10.1. The van der Waals surface area contributed by atoms with Gasteiger partial charge in [-0.15, -0.1) is 0 Å². The molecular formula is C8H14N2O3. The van der Waals surface area contributed by atoms with E-state index in [2.05, 4.69) is 5.18 Å². The number of hydrogen-bond donors (Lipinski definition) is 0. The molecule has 0 N–H and O–H groups in total. The Labute approximate surface area is 77.0 Å². The number of nitrogens with zero attached hydrogens (tertiary/aromatic N) is 2. The molecule has 0 spiro atoms. The molecule has 0 radical (unpaired) electrons. The molecule has 5 nitrogen and oxygen atoms in total. The van der Waals surface area contributed by atoms with Crippen molar-refractivity contribution in [2.45, 2.75) is 19.4 Å². The Bertz CT molecular complexity index is 196. The molecule has 0 aromatic rings. The predicted octanol–water partition coefficient (Wildman–Crippen LogP) is 0.390. The minimum Gasteiger partial charge on any atom is -0.377 e. The number of hydrogen-bond acceptors (Lipinski definition) is 4. The van der Waals surface area contributed by atoms with Crippen LogP contribution in [-0.2, 0) is 9.53 Å². The topological polar surface area (TPSA) is 59.0 Å². The molecule has 1 rings (SSSR count). The zero-order valence-corrected chi connectivity index (χ0v) is 7.73. The number of amides is 1. The Morgan fingerprint density at radius 3 is 3.08 bits per heavy atom. The minimum atomic E-state index is -0.405. The second-order valence-corrected chi connectivity index (χ2v) is 3.03. The van der Waals surface area contributed by atoms with Gasteiger partial charge in [0, 0.05) is 19.5 Å². The van der Waals surface area contributed by atoms with Crippen molar-refractivity contribution in [3.63, 3.8) is 0 Å². The molecule has 13 heavy (non-hydrogen) atoms. The number of carbonyl (C=O) groups is 1. The summed E-state index contributed by atoms with van der Waals surface area (Å²) >= 11 is 0. The zero-order valence-electron chi connectivity index (χ0n) is 7.73. The van der Waals surface area contributed by atoms with Gasteiger partial charge in [0.2, 0.25) is 5.91 Å². The van der Waals surface area contributed by atoms with Crippen LogP contribution < -0.4 is 0 Å². The second-order valence-electron chi connectivity index (χ2n) is 3.03. The molecule has 5 heteroatoms. The van der Waals surface area contributed by atoms with E-state index in [1.807, 2.05) is 0 Å². The first-order valence-corrected chi connectivity index (χ1v) is 4.46. The molecule has 0 aromatic heterocycles. The molecule has 0 saturated carbocycles. The van der Waals surface area contributed by atoms with Crippen molar-refractivity contribution in [2.24, 2.45) is 5.18 Å². The van der Waals surface area contributed by atoms with Crippen LogP contribution in [0.4, 0.5) is 0 Å². The second kappa shape index (κ2) is 4.91. The summed E-state index contributed by atoms with van der Waals surface area (Å²) in [6.45, 7) is 3.60. The van der Waals surface area contributed by atoms with Gasteiger partial charge in [-0.1, -0.05) is 12.1 Å². The average Bonchev–Trinajstić information content (AvgIpc) is 2.41. The summed E-state index contributed by atoms with van der Waals surface area (Å²) in [7, 11) is 0. The molecule has 1 aliphatic heterocycles. The van der Waals surface area contributed by atoms with Crippen molar-refractivity contribution >= 4 is 5.91 Å². The van der Waals surface area contributed by atoms with E-state index >= 15 is 0 Å². The molecule has 1 atom stereocenters. The summed E-state index contributed by atoms with van der Waals surface area (Å²) in [5, 5.41) is 2.91. The lowest BCUT2D eigenvalue weighted by Crippen LogP contribution is -2.36. The Morgan fingerprint density at radius 2 is 2.46 bits per heavy atom. The highest BCUT2D eigenvalue weighted by Crippen LogP contribution is 2.04. The molecule has 74 valence electrons. The van der Waals surface area contributed by atoms with E-state index < -0.39 is 6.04 Å². The van der Waals surface area contributed by atoms with Crippen LogP contribution in [0.1, 0.15) is 13.3 Å². The standard InChI is InChI=1S/C8H14N2O3/c1-2-8(11)10-3-4-13-6-7(5-10)9-12/h7H,2-6H2,1H3. The normalized spacial score (nSPS) is 23.8. The van der Waals surface area contributed by atoms with Gasteiger partial charge >= 0.3 is 0 Å². The summed E-state index contributed by atoms with van der Waals surface area (Å²) in [6, 6.07) is -0.405. The predicted molar refractivity (Wildman–Crippen MR) is 47.3 cm³/mol. The van der Waals surface area contributed by atoms with Crippen molar-refractivity contribution in [1.82, 2.24) is 4.90 Å². The van der Waals surface area contributed by atoms with E-state index in [-0.39, 0.29) is 5.91 Å². The van der Waals surface area contributed by atoms with Crippen molar-refractivity contribution in [3.8, 4) is 0 Å². The van der Waals surface area contributed by atoms with Crippen LogP contribution >= 0.6 is 0 Å². The lowest BCUT2D eigenvalue weighted by molar-refractivity contribution is -0.131. The smallest absolute Gasteiger partial charge is 0.222 e. The Morgan fingerprint density at radius 1 is 1.69 bits per heavy atom. The molecule has 1 heterocycles. The molecule has 1 fully saturated rings. The minimum absolute atomic E-state index is 0.0548. The molecular weight excluding hydrogens is 172 g/mol. The summed E-state index contributed by atoms with van der Waals surface area (Å²) in [5.41, 5.74) is 0. The van der Waals surface area contributed by atoms with Crippen LogP contribution in [0.15, 0.2) is 5.18 Å². The largest absolute Gasteiger partial charge is 0.377 e. The molecule has 0 aromatic carbocycles. The first-order valence-electron chi connectivity index (χ1n) is 4.46. The highest BCUT2D eigenvalue weighted by Gasteiger charge is 2.21. The maximum atomic E-state index is 11.3. The van der Waals surface area contributed by atoms with Gasteiger partial charge in [0.25, 0.3) is 0 Å². The van der Waals surface area contributed by atoms with Crippen molar-refractivity contribution in [3.05, 3.63) is 4.91 Å². The maximum absolute atomic E-state index is 11.3. The number of carbonyl (C=O) groups excluding carboxylic acids is 1. The molecule has 1 amide bonds. The van der Waals surface area contributed by atoms with E-state index in [1.54, 1.807) is 11.8 Å². The highest BCUT2D eigenvalue weighted by atomic mass is 16.5. The first-order chi connectivity index (χ1) is 6.27. The van der Waals surface area contributed by atoms with Gasteiger partial charge in [-0.3, -0.25) is 4.79 Å². The fourth-order valence-electron chi connectivity index (χ4n) is 1.31. The van der Waals surface area contributed by atoms with Gasteiger partial charge in [0.1, 0.15) is 6.04 Å². The third kappa shape index (κ3) is 2.77. The highest BCUT2D eigenvalue weighted by molar-refractivity contribution is 5.75. The van der Waals surface area contributed by atoms with Crippen LogP contribution in [0.25, 0.3) is 0 Å². The Hall–Kier alpha value is -0.970. The van der Waals surface area contributed by atoms with Gasteiger partial charge in [0.15, 0.2) is 0 Å². The van der Waals surface area contributed by atoms with Gasteiger partial charge in [-0.05, 0) is 0 Å². The van der Waals surface area contributed by atoms with Crippen molar-refractivity contribution in [1.29, 1.82) is 0 Å². The van der Waals surface area contributed by atoms with Crippen LogP contribution in [0.3, 0.4) is 0 Å². The van der Waals surface area contributed by atoms with E-state index in [0.717, 1.165) is 0 Å². The number of rotatable bonds is 2. The van der Waals surface area contributed by atoms with Crippen LogP contribution in [-0.4, -0.2) is 43.2 Å². The van der Waals surface area contributed by atoms with Crippen LogP contribution in [0.2, 0.25) is 0 Å². The van der Waals surface area contributed by atoms with Gasteiger partial charge in [0.05, 0.1) is 13.2 Å². The quantitative estimate of drug-likeness (QED) is 0.586. The number of nitroso groups, excluding NO2 is 1. The summed E-state index contributed by atoms with van der Waals surface area (Å²) in [6.07, 6.45) is 0.464. The van der Waals surface area contributed by atoms with Crippen LogP contribution in [0, 0.1) is 4.91 Å². The zero-order chi connectivity index (χ0) is 9.68. The Balaban J connectivity index is 2.53. The fraction of sp³-hybridized carbons (Fsp3) is 0.875. The molecule has 0 bridgehead atoms. The van der Waals surface area contributed by atoms with Crippen LogP contribution in [0.5, 0.6) is 0 Å². The van der Waals surface area contributed by atoms with E-state index in [9.17, 15) is 9.70 Å². The van der Waals surface area contributed by atoms with E-state index in [4.69, 9.17) is 4.74 Å². The maximum Gasteiger partial charge on any atom is 0.222 e. The molecule has 1 aliphatic rings. The molecule has 1 saturated heterocycles. The fourth-order valence-corrected chi connectivity index (χ4v) is 1.31. The monoisotopic (exact) mass is 186 g/mol. The average molecular weight is 186 g/mol. The van der Waals surface area contributed by atoms with E-state index in [0.29, 0.717) is 32.7 Å². The van der Waals surface area contributed by atoms with Crippen molar-refractivity contribution in [2.75, 3.05) is 26.3 Å². The molecule has 1 unspecified atom stereocenters. The van der Waals surface area contributed by atoms with Crippen molar-refractivity contribution < 1.29 is 9.53 Å². The summed E-state index contributed by atoms with van der Waals surface area (Å²) in [4.78, 5) is 23.2. The molecule has 0 aliphatic carbocycles. The lowest BCUT2D eigenvalue weighted by atomic mass is 10.3. The van der Waals surface area contributed by atoms with E-state index in [1.165, 1.54) is 0 Å². The number of ether oxygens (including phenoxy) is 1. The summed E-state index contributed by atoms with van der Waals surface area (Å²) in [5.74, 6) is 0.0548. The summed E-state index contributed by atoms with van der Waals surface area (Å²) < 4.78 is 5.14. The van der Waals surface area contributed by atoms with Gasteiger partial charge < -0.3 is 9.64 Å². The third-order valence-electron chi connectivity index (χ3n) is 2.05. The third-order valence-corrected chi connectivity index (χ3v) is 2.05. The van der Waals surface area contributed by atoms with Gasteiger partial charge in [-0.25, -0.2) is 0 Å². The lowest BCUT2D eigenvalue weighted by Gasteiger charge is -2.19. The SMILES string of the molecule is CCC(=O)N1CCOCC(N=O)C1. The van der Waals surface area contributed by atoms with Gasteiger partial charge in [-0.2, -0.15) is 4.91 Å². The Kier molecular flexibility index (Phi) is 3.82.